The number of aryl methyl sites for hydroxylation is 2. The summed E-state index contributed by atoms with van der Waals surface area (Å²) in [7, 11) is -6.42. The van der Waals surface area contributed by atoms with Gasteiger partial charge in [-0.2, -0.15) is 21.9 Å². The van der Waals surface area contributed by atoms with Crippen molar-refractivity contribution in [3.63, 3.8) is 0 Å². The summed E-state index contributed by atoms with van der Waals surface area (Å²) in [4.78, 5) is 16.2. The third-order valence-electron chi connectivity index (χ3n) is 11.2. The van der Waals surface area contributed by atoms with E-state index in [1.165, 1.54) is 50.6 Å². The maximum atomic E-state index is 13.4. The van der Waals surface area contributed by atoms with Crippen molar-refractivity contribution in [3.05, 3.63) is 166 Å². The van der Waals surface area contributed by atoms with Gasteiger partial charge in [0.25, 0.3) is 26.1 Å². The molecule has 0 radical (unpaired) electrons. The molecule has 1 amide bonds. The molecule has 8 rings (SSSR count). The Balaban J connectivity index is 0.000000241. The van der Waals surface area contributed by atoms with Crippen LogP contribution in [0.5, 0.6) is 23.0 Å². The van der Waals surface area contributed by atoms with E-state index < -0.39 is 53.3 Å². The molecule has 0 saturated heterocycles. The molecule has 8 aromatic carbocycles. The average molecular weight is 1220 g/mol. The summed E-state index contributed by atoms with van der Waals surface area (Å²) in [5.41, 5.74) is 0.0907. The van der Waals surface area contributed by atoms with Gasteiger partial charge in [0.2, 0.25) is 0 Å². The first-order valence-corrected chi connectivity index (χ1v) is 25.7. The van der Waals surface area contributed by atoms with Crippen LogP contribution in [0.15, 0.2) is 169 Å². The number of hydrogen-bond donors (Lipinski definition) is 4. The molecule has 23 heteroatoms. The normalized spacial score (nSPS) is 11.9. The third-order valence-corrected chi connectivity index (χ3v) is 13.7. The first-order chi connectivity index (χ1) is 35.3. The van der Waals surface area contributed by atoms with Gasteiger partial charge >= 0.3 is 48.9 Å². The number of anilines is 1. The number of nitrogens with zero attached hydrogens (tertiary/aromatic N) is 5. The Kier molecular flexibility index (Phi) is 19.3. The summed E-state index contributed by atoms with van der Waals surface area (Å²) in [6, 6.07) is 35.5. The van der Waals surface area contributed by atoms with E-state index in [0.29, 0.717) is 50.0 Å². The van der Waals surface area contributed by atoms with Crippen molar-refractivity contribution < 1.29 is 55.5 Å². The van der Waals surface area contributed by atoms with Crippen LogP contribution in [0.3, 0.4) is 0 Å². The number of carbonyl (C=O) groups excluding carboxylic acids is 1. The van der Waals surface area contributed by atoms with Gasteiger partial charge < -0.3 is 30.1 Å². The molecule has 0 fully saturated rings. The first kappa shape index (κ1) is 57.9. The minimum absolute atomic E-state index is 0. The van der Waals surface area contributed by atoms with E-state index in [-0.39, 0.29) is 111 Å². The number of aliphatic imine (C=N–C) groups is 1. The number of phenols is 1. The number of azo groups is 2. The molecule has 0 saturated carbocycles. The van der Waals surface area contributed by atoms with Crippen LogP contribution >= 0.6 is 23.2 Å². The zero-order chi connectivity index (χ0) is 53.5. The Morgan fingerprint density at radius 2 is 1.08 bits per heavy atom. The number of ether oxygens (including phenoxy) is 2. The number of carbonyl (C=O) groups is 1. The minimum Gasteiger partial charge on any atom is -0.871 e. The Morgan fingerprint density at radius 3 is 1.60 bits per heavy atom. The Bertz CT molecular complexity index is 3830. The summed E-state index contributed by atoms with van der Waals surface area (Å²) in [6.45, 7) is 3.41. The van der Waals surface area contributed by atoms with Crippen molar-refractivity contribution in [1.82, 2.24) is 0 Å². The Hall–Kier alpha value is -6.41. The van der Waals surface area contributed by atoms with Gasteiger partial charge in [0.15, 0.2) is 5.75 Å². The zero-order valence-corrected chi connectivity index (χ0v) is 47.7. The van der Waals surface area contributed by atoms with Gasteiger partial charge in [-0.1, -0.05) is 116 Å². The molecule has 0 aromatic heterocycles. The van der Waals surface area contributed by atoms with Crippen molar-refractivity contribution >= 4 is 160 Å². The van der Waals surface area contributed by atoms with Gasteiger partial charge in [-0.05, 0) is 94.7 Å². The molecular weight excluding hydrogens is 1170 g/mol. The fraction of sp³-hybridized carbons (Fsp3) is 0.115. The minimum atomic E-state index is -4.71. The first-order valence-electron chi connectivity index (χ1n) is 22.0. The van der Waals surface area contributed by atoms with Crippen molar-refractivity contribution in [2.45, 2.75) is 36.5 Å². The van der Waals surface area contributed by atoms with Crippen LogP contribution in [0.2, 0.25) is 10.0 Å². The van der Waals surface area contributed by atoms with Crippen LogP contribution in [-0.2, 0) is 33.1 Å². The smallest absolute Gasteiger partial charge is 0.871 e. The SMILES string of the molecule is CCc1ccc(Cl)c(N=Nc2c(O)c(C(=O)Nc3cccc(OC)c3)cc3ccccc23)c1S(=O)(=O)O.CCc1ccc(Cl)c(N=Nc2c([O-])c(C([O-])=Nc3cccc(OC)c3)cc3ccccc23)c1S(=O)(=O)O.[Ba+2]. The summed E-state index contributed by atoms with van der Waals surface area (Å²) in [6.07, 6.45) is 0.545. The molecule has 380 valence electrons. The van der Waals surface area contributed by atoms with Crippen LogP contribution in [0.1, 0.15) is 40.9 Å². The van der Waals surface area contributed by atoms with Crippen LogP contribution < -0.4 is 25.0 Å². The molecule has 0 spiro atoms. The molecule has 75 heavy (non-hydrogen) atoms. The molecule has 8 aromatic rings. The van der Waals surface area contributed by atoms with Crippen molar-refractivity contribution in [1.29, 1.82) is 0 Å². The maximum absolute atomic E-state index is 13.4. The second kappa shape index (κ2) is 25.0. The van der Waals surface area contributed by atoms with Gasteiger partial charge in [-0.15, -0.1) is 15.3 Å². The van der Waals surface area contributed by atoms with E-state index >= 15 is 0 Å². The molecule has 18 nitrogen and oxygen atoms in total. The van der Waals surface area contributed by atoms with E-state index in [1.54, 1.807) is 111 Å². The van der Waals surface area contributed by atoms with E-state index in [9.17, 15) is 46.1 Å². The van der Waals surface area contributed by atoms with Crippen molar-refractivity contribution in [3.8, 4) is 23.0 Å². The zero-order valence-electron chi connectivity index (χ0n) is 40.1. The Labute approximate surface area is 481 Å². The molecule has 0 aliphatic heterocycles. The third kappa shape index (κ3) is 13.3. The summed E-state index contributed by atoms with van der Waals surface area (Å²) < 4.78 is 78.4. The molecular formula is C52H42BaCl2N6O12S2. The molecule has 0 heterocycles. The number of rotatable bonds is 14. The fourth-order valence-electron chi connectivity index (χ4n) is 7.61. The monoisotopic (exact) mass is 1210 g/mol. The predicted molar refractivity (Wildman–Crippen MR) is 285 cm³/mol. The van der Waals surface area contributed by atoms with E-state index in [0.717, 1.165) is 0 Å². The summed E-state index contributed by atoms with van der Waals surface area (Å²) in [5.74, 6) is -1.61. The van der Waals surface area contributed by atoms with E-state index in [2.05, 4.69) is 30.8 Å². The fourth-order valence-corrected chi connectivity index (χ4v) is 9.99. The topological polar surface area (TPSA) is 284 Å². The average Bonchev–Trinajstić information content (AvgIpc) is 3.37. The largest absolute Gasteiger partial charge is 2.00 e. The second-order valence-electron chi connectivity index (χ2n) is 15.8. The maximum Gasteiger partial charge on any atom is 2.00 e. The van der Waals surface area contributed by atoms with Gasteiger partial charge in [0.05, 0.1) is 41.2 Å². The van der Waals surface area contributed by atoms with E-state index in [1.807, 2.05) is 0 Å². The number of amides is 1. The number of halogens is 2. The van der Waals surface area contributed by atoms with Crippen LogP contribution in [0, 0.1) is 0 Å². The number of benzene rings is 8. The quantitative estimate of drug-likeness (QED) is 0.0260. The van der Waals surface area contributed by atoms with Gasteiger partial charge in [0.1, 0.15) is 38.4 Å². The molecule has 4 N–H and O–H groups in total. The van der Waals surface area contributed by atoms with Crippen LogP contribution in [0.4, 0.5) is 34.1 Å². The van der Waals surface area contributed by atoms with Crippen LogP contribution in [0.25, 0.3) is 21.5 Å². The van der Waals surface area contributed by atoms with Gasteiger partial charge in [0, 0.05) is 28.6 Å². The molecule has 0 atom stereocenters. The molecule has 0 aliphatic rings. The van der Waals surface area contributed by atoms with Crippen LogP contribution in [-0.4, -0.2) is 106 Å². The Morgan fingerprint density at radius 1 is 0.613 bits per heavy atom. The summed E-state index contributed by atoms with van der Waals surface area (Å²) >= 11 is 12.4. The van der Waals surface area contributed by atoms with E-state index in [4.69, 9.17) is 32.7 Å². The number of hydrogen-bond acceptors (Lipinski definition) is 15. The van der Waals surface area contributed by atoms with Gasteiger partial charge in [-0.3, -0.25) is 18.9 Å². The number of phenolic OH excluding ortho intramolecular Hbond substituents is 1. The number of methoxy groups -OCH3 is 2. The predicted octanol–water partition coefficient (Wildman–Crippen LogP) is 11.5. The van der Waals surface area contributed by atoms with Gasteiger partial charge in [-0.25, -0.2) is 0 Å². The number of aromatic hydroxyl groups is 1. The van der Waals surface area contributed by atoms with Crippen molar-refractivity contribution in [2.24, 2.45) is 25.4 Å². The van der Waals surface area contributed by atoms with Crippen molar-refractivity contribution in [2.75, 3.05) is 19.5 Å². The number of fused-ring (bicyclic) bond motifs is 2. The number of nitrogens with one attached hydrogen (secondary N) is 1. The molecule has 0 aliphatic carbocycles. The second-order valence-corrected chi connectivity index (χ2v) is 19.3. The standard InChI is InChI=1S/2C26H22ClN3O6S.Ba/c2*1-3-15-11-12-21(27)23(25(15)37(33,34)35)30-29-22-19-10-5-4-7-16(19)13-20(24(22)31)26(32)28-17-8-6-9-18(14-17)36-2;/h2*4-14,31H,3H2,1-2H3,(H,28,32)(H,33,34,35);/q;;+2/p-2. The molecule has 0 unspecified atom stereocenters. The summed E-state index contributed by atoms with van der Waals surface area (Å²) in [5, 5.41) is 58.1. The molecule has 0 bridgehead atoms.